The van der Waals surface area contributed by atoms with Crippen LogP contribution < -0.4 is 10.2 Å². The number of amides is 1. The number of aromatic nitrogens is 3. The van der Waals surface area contributed by atoms with Gasteiger partial charge in [-0.2, -0.15) is 5.10 Å². The summed E-state index contributed by atoms with van der Waals surface area (Å²) in [5.74, 6) is 1.37. The van der Waals surface area contributed by atoms with Crippen molar-refractivity contribution in [2.24, 2.45) is 5.10 Å². The highest BCUT2D eigenvalue weighted by Crippen LogP contribution is 2.28. The SMILES string of the molecule is COc1ccc(C=NNC(=O)CSc2nnc(-c3ccccc3)n2-c2ccc(Br)cc2)cc1. The van der Waals surface area contributed by atoms with E-state index in [0.717, 1.165) is 27.0 Å². The number of carbonyl (C=O) groups excluding carboxylic acids is 1. The molecule has 0 unspecified atom stereocenters. The molecule has 0 bridgehead atoms. The van der Waals surface area contributed by atoms with E-state index in [9.17, 15) is 4.79 Å². The third-order valence-corrected chi connectivity index (χ3v) is 6.06. The van der Waals surface area contributed by atoms with Crippen LogP contribution in [0.3, 0.4) is 0 Å². The fourth-order valence-electron chi connectivity index (χ4n) is 2.99. The first kappa shape index (κ1) is 22.8. The maximum absolute atomic E-state index is 12.3. The normalized spacial score (nSPS) is 11.0. The highest BCUT2D eigenvalue weighted by molar-refractivity contribution is 9.10. The van der Waals surface area contributed by atoms with Gasteiger partial charge < -0.3 is 4.74 Å². The molecule has 1 heterocycles. The topological polar surface area (TPSA) is 81.4 Å². The largest absolute Gasteiger partial charge is 0.497 e. The Balaban J connectivity index is 1.47. The molecule has 0 aliphatic rings. The molecule has 0 spiro atoms. The molecule has 4 rings (SSSR count). The highest BCUT2D eigenvalue weighted by Gasteiger charge is 2.17. The average molecular weight is 522 g/mol. The van der Waals surface area contributed by atoms with Crippen LogP contribution in [0.25, 0.3) is 17.1 Å². The van der Waals surface area contributed by atoms with Crippen LogP contribution in [-0.2, 0) is 4.79 Å². The summed E-state index contributed by atoms with van der Waals surface area (Å²) >= 11 is 4.77. The van der Waals surface area contributed by atoms with Crippen LogP contribution in [0.4, 0.5) is 0 Å². The summed E-state index contributed by atoms with van der Waals surface area (Å²) in [5, 5.41) is 13.4. The Morgan fingerprint density at radius 2 is 1.79 bits per heavy atom. The maximum Gasteiger partial charge on any atom is 0.250 e. The van der Waals surface area contributed by atoms with Gasteiger partial charge >= 0.3 is 0 Å². The summed E-state index contributed by atoms with van der Waals surface area (Å²) in [4.78, 5) is 12.3. The third-order valence-electron chi connectivity index (χ3n) is 4.60. The zero-order chi connectivity index (χ0) is 23.0. The molecule has 0 aliphatic carbocycles. The molecule has 1 N–H and O–H groups in total. The molecular formula is C24H20BrN5O2S. The van der Waals surface area contributed by atoms with Crippen LogP contribution in [0, 0.1) is 0 Å². The number of hydrogen-bond donors (Lipinski definition) is 1. The first-order valence-corrected chi connectivity index (χ1v) is 11.8. The molecule has 33 heavy (non-hydrogen) atoms. The second kappa shape index (κ2) is 10.9. The Kier molecular flexibility index (Phi) is 7.54. The van der Waals surface area contributed by atoms with Gasteiger partial charge in [0, 0.05) is 15.7 Å². The first-order valence-electron chi connectivity index (χ1n) is 9.99. The Morgan fingerprint density at radius 1 is 1.06 bits per heavy atom. The zero-order valence-corrected chi connectivity index (χ0v) is 20.1. The average Bonchev–Trinajstić information content (AvgIpc) is 3.28. The van der Waals surface area contributed by atoms with E-state index in [1.165, 1.54) is 11.8 Å². The first-order chi connectivity index (χ1) is 16.1. The quantitative estimate of drug-likeness (QED) is 0.201. The van der Waals surface area contributed by atoms with Crippen molar-refractivity contribution in [2.45, 2.75) is 5.16 Å². The van der Waals surface area contributed by atoms with E-state index in [1.807, 2.05) is 83.4 Å². The molecule has 166 valence electrons. The van der Waals surface area contributed by atoms with Crippen LogP contribution >= 0.6 is 27.7 Å². The van der Waals surface area contributed by atoms with Crippen molar-refractivity contribution < 1.29 is 9.53 Å². The van der Waals surface area contributed by atoms with E-state index in [4.69, 9.17) is 4.74 Å². The molecule has 4 aromatic rings. The number of hydrogen-bond acceptors (Lipinski definition) is 6. The molecule has 7 nitrogen and oxygen atoms in total. The van der Waals surface area contributed by atoms with E-state index in [1.54, 1.807) is 13.3 Å². The predicted octanol–water partition coefficient (Wildman–Crippen LogP) is 4.95. The second-order valence-corrected chi connectivity index (χ2v) is 8.70. The number of ether oxygens (including phenoxy) is 1. The fraction of sp³-hybridized carbons (Fsp3) is 0.0833. The van der Waals surface area contributed by atoms with E-state index in [2.05, 4.69) is 36.7 Å². The van der Waals surface area contributed by atoms with Crippen molar-refractivity contribution >= 4 is 39.8 Å². The number of thioether (sulfide) groups is 1. The summed E-state index contributed by atoms with van der Waals surface area (Å²) in [5.41, 5.74) is 5.25. The monoisotopic (exact) mass is 521 g/mol. The molecule has 0 fully saturated rings. The van der Waals surface area contributed by atoms with Crippen molar-refractivity contribution in [1.29, 1.82) is 0 Å². The van der Waals surface area contributed by atoms with Crippen LogP contribution in [0.2, 0.25) is 0 Å². The molecule has 0 radical (unpaired) electrons. The van der Waals surface area contributed by atoms with E-state index >= 15 is 0 Å². The van der Waals surface area contributed by atoms with Gasteiger partial charge in [-0.05, 0) is 54.1 Å². The maximum atomic E-state index is 12.3. The van der Waals surface area contributed by atoms with Gasteiger partial charge in [-0.1, -0.05) is 58.0 Å². The molecule has 1 aromatic heterocycles. The Morgan fingerprint density at radius 3 is 2.48 bits per heavy atom. The lowest BCUT2D eigenvalue weighted by Gasteiger charge is -2.10. The lowest BCUT2D eigenvalue weighted by Crippen LogP contribution is -2.20. The summed E-state index contributed by atoms with van der Waals surface area (Å²) in [6.07, 6.45) is 1.58. The summed E-state index contributed by atoms with van der Waals surface area (Å²) in [7, 11) is 1.61. The lowest BCUT2D eigenvalue weighted by molar-refractivity contribution is -0.118. The van der Waals surface area contributed by atoms with Gasteiger partial charge in [0.05, 0.1) is 19.1 Å². The summed E-state index contributed by atoms with van der Waals surface area (Å²) in [6, 6.07) is 25.1. The van der Waals surface area contributed by atoms with Gasteiger partial charge in [-0.3, -0.25) is 9.36 Å². The number of benzene rings is 3. The van der Waals surface area contributed by atoms with Crippen molar-refractivity contribution in [1.82, 2.24) is 20.2 Å². The minimum atomic E-state index is -0.239. The van der Waals surface area contributed by atoms with E-state index in [-0.39, 0.29) is 11.7 Å². The van der Waals surface area contributed by atoms with Gasteiger partial charge in [0.1, 0.15) is 5.75 Å². The van der Waals surface area contributed by atoms with Gasteiger partial charge in [-0.25, -0.2) is 5.43 Å². The smallest absolute Gasteiger partial charge is 0.250 e. The minimum Gasteiger partial charge on any atom is -0.497 e. The molecule has 0 atom stereocenters. The van der Waals surface area contributed by atoms with E-state index in [0.29, 0.717) is 11.0 Å². The van der Waals surface area contributed by atoms with Crippen molar-refractivity contribution in [3.05, 3.63) is 88.9 Å². The van der Waals surface area contributed by atoms with Gasteiger partial charge in [0.15, 0.2) is 11.0 Å². The number of rotatable bonds is 8. The lowest BCUT2D eigenvalue weighted by atomic mass is 10.2. The Labute approximate surface area is 204 Å². The molecule has 0 saturated carbocycles. The molecular weight excluding hydrogens is 502 g/mol. The molecule has 0 aliphatic heterocycles. The van der Waals surface area contributed by atoms with Crippen LogP contribution in [0.15, 0.2) is 93.6 Å². The van der Waals surface area contributed by atoms with Crippen LogP contribution in [-0.4, -0.2) is 39.7 Å². The highest BCUT2D eigenvalue weighted by atomic mass is 79.9. The van der Waals surface area contributed by atoms with Crippen LogP contribution in [0.1, 0.15) is 5.56 Å². The fourth-order valence-corrected chi connectivity index (χ4v) is 4.00. The molecule has 9 heteroatoms. The number of carbonyl (C=O) groups is 1. The van der Waals surface area contributed by atoms with Crippen molar-refractivity contribution in [3.63, 3.8) is 0 Å². The third kappa shape index (κ3) is 5.88. The summed E-state index contributed by atoms with van der Waals surface area (Å²) in [6.45, 7) is 0. The molecule has 3 aromatic carbocycles. The second-order valence-electron chi connectivity index (χ2n) is 6.84. The van der Waals surface area contributed by atoms with E-state index < -0.39 is 0 Å². The van der Waals surface area contributed by atoms with Gasteiger partial charge in [-0.15, -0.1) is 10.2 Å². The number of nitrogens with zero attached hydrogens (tertiary/aromatic N) is 4. The molecule has 1 amide bonds. The van der Waals surface area contributed by atoms with Crippen molar-refractivity contribution in [3.8, 4) is 22.8 Å². The van der Waals surface area contributed by atoms with Crippen molar-refractivity contribution in [2.75, 3.05) is 12.9 Å². The van der Waals surface area contributed by atoms with Crippen LogP contribution in [0.5, 0.6) is 5.75 Å². The molecule has 0 saturated heterocycles. The zero-order valence-electron chi connectivity index (χ0n) is 17.7. The van der Waals surface area contributed by atoms with Gasteiger partial charge in [0.25, 0.3) is 5.91 Å². The Bertz CT molecular complexity index is 1240. The minimum absolute atomic E-state index is 0.142. The number of halogens is 1. The number of hydrazone groups is 1. The van der Waals surface area contributed by atoms with Gasteiger partial charge in [0.2, 0.25) is 0 Å². The predicted molar refractivity (Wildman–Crippen MR) is 134 cm³/mol. The Hall–Kier alpha value is -3.43. The number of nitrogens with one attached hydrogen (secondary N) is 1. The summed E-state index contributed by atoms with van der Waals surface area (Å²) < 4.78 is 8.05. The number of methoxy groups -OCH3 is 1. The standard InChI is InChI=1S/C24H20BrN5O2S/c1-32-21-13-7-17(8-14-21)15-26-27-22(31)16-33-24-29-28-23(18-5-3-2-4-6-18)30(24)20-11-9-19(25)10-12-20/h2-15H,16H2,1H3,(H,27,31).